The summed E-state index contributed by atoms with van der Waals surface area (Å²) in [6, 6.07) is 0. The van der Waals surface area contributed by atoms with Crippen LogP contribution < -0.4 is 0 Å². The van der Waals surface area contributed by atoms with Gasteiger partial charge in [0, 0.05) is 0 Å². The Balaban J connectivity index is 3.81. The van der Waals surface area contributed by atoms with E-state index in [1.807, 2.05) is 13.8 Å². The Morgan fingerprint density at radius 3 is 2.20 bits per heavy atom. The highest BCUT2D eigenvalue weighted by atomic mass is 31.2. The predicted molar refractivity (Wildman–Crippen MR) is 57.5 cm³/mol. The summed E-state index contributed by atoms with van der Waals surface area (Å²) in [6.45, 7) is 5.66. The smallest absolute Gasteiger partial charge is 0.391 e. The second-order valence-electron chi connectivity index (χ2n) is 3.64. The molecule has 0 aromatic carbocycles. The van der Waals surface area contributed by atoms with Crippen LogP contribution >= 0.6 is 7.82 Å². The molecule has 0 fully saturated rings. The number of phosphoric acid groups is 1. The van der Waals surface area contributed by atoms with Crippen LogP contribution in [0.25, 0.3) is 0 Å². The number of phosphoric ester groups is 1. The molecule has 0 bridgehead atoms. The highest BCUT2D eigenvalue weighted by Gasteiger charge is 2.22. The Morgan fingerprint density at radius 1 is 1.20 bits per heavy atom. The zero-order valence-electron chi connectivity index (χ0n) is 9.55. The van der Waals surface area contributed by atoms with Crippen LogP contribution in [0.2, 0.25) is 0 Å². The summed E-state index contributed by atoms with van der Waals surface area (Å²) in [6.07, 6.45) is 0.626. The van der Waals surface area contributed by atoms with E-state index in [9.17, 15) is 9.46 Å². The van der Waals surface area contributed by atoms with Gasteiger partial charge in [-0.05, 0) is 12.3 Å². The monoisotopic (exact) mass is 240 g/mol. The molecule has 0 radical (unpaired) electrons. The van der Waals surface area contributed by atoms with Gasteiger partial charge in [0.1, 0.15) is 0 Å². The van der Waals surface area contributed by atoms with Crippen molar-refractivity contribution in [3.63, 3.8) is 0 Å². The summed E-state index contributed by atoms with van der Waals surface area (Å²) in [4.78, 5) is 9.20. The average molecular weight is 240 g/mol. The van der Waals surface area contributed by atoms with E-state index in [0.29, 0.717) is 6.42 Å². The third kappa shape index (κ3) is 7.94. The van der Waals surface area contributed by atoms with Crippen LogP contribution in [0.3, 0.4) is 0 Å². The minimum Gasteiger partial charge on any atom is -0.391 e. The van der Waals surface area contributed by atoms with Crippen LogP contribution in [0.4, 0.5) is 0 Å². The number of aliphatic hydroxyl groups excluding tert-OH is 1. The van der Waals surface area contributed by atoms with Crippen molar-refractivity contribution in [3.8, 4) is 0 Å². The summed E-state index contributed by atoms with van der Waals surface area (Å²) < 4.78 is 20.6. The molecule has 0 heterocycles. The summed E-state index contributed by atoms with van der Waals surface area (Å²) in [7, 11) is -3.99. The van der Waals surface area contributed by atoms with Gasteiger partial charge in [-0.2, -0.15) is 0 Å². The lowest BCUT2D eigenvalue weighted by atomic mass is 10.1. The zero-order valence-corrected chi connectivity index (χ0v) is 10.4. The normalized spacial score (nSPS) is 19.5. The van der Waals surface area contributed by atoms with Gasteiger partial charge in [-0.3, -0.25) is 9.05 Å². The van der Waals surface area contributed by atoms with Crippen molar-refractivity contribution >= 4 is 7.82 Å². The molecule has 0 spiro atoms. The first-order valence-corrected chi connectivity index (χ1v) is 6.70. The number of hydrogen-bond donors (Lipinski definition) is 2. The van der Waals surface area contributed by atoms with Gasteiger partial charge >= 0.3 is 7.82 Å². The maximum Gasteiger partial charge on any atom is 0.472 e. The van der Waals surface area contributed by atoms with E-state index < -0.39 is 13.9 Å². The molecule has 2 N–H and O–H groups in total. The second-order valence-corrected chi connectivity index (χ2v) is 5.09. The van der Waals surface area contributed by atoms with Crippen LogP contribution in [0.5, 0.6) is 0 Å². The predicted octanol–water partition coefficient (Wildman–Crippen LogP) is 1.94. The third-order valence-electron chi connectivity index (χ3n) is 2.12. The van der Waals surface area contributed by atoms with Crippen molar-refractivity contribution < 1.29 is 23.6 Å². The summed E-state index contributed by atoms with van der Waals surface area (Å²) in [5.41, 5.74) is 0. The van der Waals surface area contributed by atoms with E-state index in [-0.39, 0.29) is 19.1 Å². The molecule has 3 atom stereocenters. The van der Waals surface area contributed by atoms with Gasteiger partial charge < -0.3 is 10.00 Å². The lowest BCUT2D eigenvalue weighted by Gasteiger charge is -2.16. The second kappa shape index (κ2) is 7.36. The van der Waals surface area contributed by atoms with Gasteiger partial charge in [0.2, 0.25) is 0 Å². The molecule has 0 aliphatic heterocycles. The molecular formula is C9H21O5P. The van der Waals surface area contributed by atoms with Crippen LogP contribution in [-0.4, -0.2) is 29.3 Å². The molecular weight excluding hydrogens is 219 g/mol. The lowest BCUT2D eigenvalue weighted by molar-refractivity contribution is 0.0671. The Bertz CT molecular complexity index is 191. The Morgan fingerprint density at radius 2 is 1.73 bits per heavy atom. The fraction of sp³-hybridized carbons (Fsp3) is 1.00. The van der Waals surface area contributed by atoms with E-state index in [1.54, 1.807) is 6.92 Å². The third-order valence-corrected chi connectivity index (χ3v) is 3.07. The molecule has 0 aromatic heterocycles. The van der Waals surface area contributed by atoms with Gasteiger partial charge in [0.15, 0.2) is 0 Å². The first-order valence-electron chi connectivity index (χ1n) is 5.21. The van der Waals surface area contributed by atoms with Gasteiger partial charge in [-0.15, -0.1) is 0 Å². The molecule has 0 saturated heterocycles. The van der Waals surface area contributed by atoms with E-state index in [4.69, 9.17) is 9.63 Å². The first kappa shape index (κ1) is 15.1. The molecule has 6 heteroatoms. The van der Waals surface area contributed by atoms with Gasteiger partial charge in [0.05, 0.1) is 19.3 Å². The van der Waals surface area contributed by atoms with Crippen LogP contribution in [0, 0.1) is 5.92 Å². The standard InChI is InChI=1S/C9H21O5P/c1-4-8(3)6-13-15(11,12)14-7-9(10)5-2/h8-10H,4-7H2,1-3H3,(H,11,12). The largest absolute Gasteiger partial charge is 0.472 e. The highest BCUT2D eigenvalue weighted by Crippen LogP contribution is 2.43. The molecule has 5 nitrogen and oxygen atoms in total. The summed E-state index contributed by atoms with van der Waals surface area (Å²) >= 11 is 0. The summed E-state index contributed by atoms with van der Waals surface area (Å²) in [5.74, 6) is 0.213. The van der Waals surface area contributed by atoms with Crippen molar-refractivity contribution in [2.45, 2.75) is 39.7 Å². The number of aliphatic hydroxyl groups is 1. The number of hydrogen-bond acceptors (Lipinski definition) is 4. The Labute approximate surface area is 91.0 Å². The molecule has 3 unspecified atom stereocenters. The van der Waals surface area contributed by atoms with E-state index in [1.165, 1.54) is 0 Å². The minimum absolute atomic E-state index is 0.176. The highest BCUT2D eigenvalue weighted by molar-refractivity contribution is 7.47. The topological polar surface area (TPSA) is 76.0 Å². The van der Waals surface area contributed by atoms with Crippen LogP contribution in [0.15, 0.2) is 0 Å². The van der Waals surface area contributed by atoms with Crippen molar-refractivity contribution in [3.05, 3.63) is 0 Å². The van der Waals surface area contributed by atoms with Gasteiger partial charge in [-0.25, -0.2) is 4.57 Å². The van der Waals surface area contributed by atoms with Crippen LogP contribution in [0.1, 0.15) is 33.6 Å². The molecule has 92 valence electrons. The molecule has 0 aliphatic carbocycles. The Hall–Kier alpha value is 0.0700. The molecule has 15 heavy (non-hydrogen) atoms. The van der Waals surface area contributed by atoms with Gasteiger partial charge in [-0.1, -0.05) is 27.2 Å². The zero-order chi connectivity index (χ0) is 11.9. The molecule has 0 rings (SSSR count). The molecule has 0 aromatic rings. The van der Waals surface area contributed by atoms with Crippen LogP contribution in [-0.2, 0) is 13.6 Å². The Kier molecular flexibility index (Phi) is 7.40. The first-order chi connectivity index (χ1) is 6.91. The SMILES string of the molecule is CCC(C)COP(=O)(O)OCC(O)CC. The number of rotatable bonds is 8. The van der Waals surface area contributed by atoms with E-state index in [2.05, 4.69) is 4.52 Å². The van der Waals surface area contributed by atoms with Crippen molar-refractivity contribution in [1.82, 2.24) is 0 Å². The molecule has 0 amide bonds. The maximum atomic E-state index is 11.3. The van der Waals surface area contributed by atoms with Crippen molar-refractivity contribution in [2.75, 3.05) is 13.2 Å². The van der Waals surface area contributed by atoms with Gasteiger partial charge in [0.25, 0.3) is 0 Å². The average Bonchev–Trinajstić information content (AvgIpc) is 2.22. The quantitative estimate of drug-likeness (QED) is 0.634. The fourth-order valence-corrected chi connectivity index (χ4v) is 1.55. The maximum absolute atomic E-state index is 11.3. The minimum atomic E-state index is -3.99. The lowest BCUT2D eigenvalue weighted by Crippen LogP contribution is -2.14. The fourth-order valence-electron chi connectivity index (χ4n) is 0.675. The van der Waals surface area contributed by atoms with Crippen molar-refractivity contribution in [2.24, 2.45) is 5.92 Å². The van der Waals surface area contributed by atoms with E-state index >= 15 is 0 Å². The van der Waals surface area contributed by atoms with Crippen molar-refractivity contribution in [1.29, 1.82) is 0 Å². The molecule has 0 aliphatic rings. The van der Waals surface area contributed by atoms with E-state index in [0.717, 1.165) is 6.42 Å². The summed E-state index contributed by atoms with van der Waals surface area (Å²) in [5, 5.41) is 9.13. The molecule has 0 saturated carbocycles.